The van der Waals surface area contributed by atoms with Gasteiger partial charge in [0.25, 0.3) is 5.91 Å². The second-order valence-corrected chi connectivity index (χ2v) is 7.32. The summed E-state index contributed by atoms with van der Waals surface area (Å²) in [5.74, 6) is 0.660. The van der Waals surface area contributed by atoms with Gasteiger partial charge in [-0.25, -0.2) is 0 Å². The molecular weight excluding hydrogens is 332 g/mol. The maximum absolute atomic E-state index is 12.6. The summed E-state index contributed by atoms with van der Waals surface area (Å²) in [6.45, 7) is 3.98. The Labute approximate surface area is 150 Å². The van der Waals surface area contributed by atoms with Gasteiger partial charge in [0.05, 0.1) is 6.04 Å². The first-order valence-electron chi connectivity index (χ1n) is 8.26. The Bertz CT molecular complexity index is 843. The zero-order valence-electron chi connectivity index (χ0n) is 13.7. The Balaban J connectivity index is 1.48. The van der Waals surface area contributed by atoms with Gasteiger partial charge in [-0.15, -0.1) is 11.8 Å². The molecule has 2 heterocycles. The zero-order valence-corrected chi connectivity index (χ0v) is 14.5. The minimum absolute atomic E-state index is 0.00158. The van der Waals surface area contributed by atoms with Crippen LogP contribution in [0.15, 0.2) is 60.0 Å². The molecule has 0 saturated heterocycles. The summed E-state index contributed by atoms with van der Waals surface area (Å²) in [6, 6.07) is 15.5. The number of hydrogen-bond donors (Lipinski definition) is 1. The van der Waals surface area contributed by atoms with Crippen molar-refractivity contribution in [2.45, 2.75) is 17.4 Å². The average Bonchev–Trinajstić information content (AvgIpc) is 2.87. The second kappa shape index (κ2) is 6.41. The highest BCUT2D eigenvalue weighted by Gasteiger charge is 2.32. The van der Waals surface area contributed by atoms with Gasteiger partial charge in [0.15, 0.2) is 0 Å². The summed E-state index contributed by atoms with van der Waals surface area (Å²) in [7, 11) is 0. The third-order valence-electron chi connectivity index (χ3n) is 4.63. The molecule has 0 unspecified atom stereocenters. The molecule has 25 heavy (non-hydrogen) atoms. The molecule has 0 aliphatic carbocycles. The molecule has 0 fully saturated rings. The molecule has 2 aliphatic rings. The van der Waals surface area contributed by atoms with Crippen LogP contribution in [0, 0.1) is 0 Å². The topological polar surface area (TPSA) is 49.4 Å². The summed E-state index contributed by atoms with van der Waals surface area (Å²) in [6.07, 6.45) is 0.891. The van der Waals surface area contributed by atoms with Gasteiger partial charge < -0.3 is 5.32 Å². The van der Waals surface area contributed by atoms with Gasteiger partial charge in [-0.3, -0.25) is 14.5 Å². The summed E-state index contributed by atoms with van der Waals surface area (Å²) >= 11 is 1.81. The van der Waals surface area contributed by atoms with E-state index in [0.717, 1.165) is 23.3 Å². The number of carbonyl (C=O) groups excluding carboxylic acids is 2. The average molecular weight is 350 g/mol. The molecule has 1 N–H and O–H groups in total. The Morgan fingerprint density at radius 3 is 2.68 bits per heavy atom. The number of hydrogen-bond acceptors (Lipinski definition) is 3. The van der Waals surface area contributed by atoms with Crippen molar-refractivity contribution in [2.24, 2.45) is 0 Å². The fraction of sp³-hybridized carbons (Fsp3) is 0.200. The number of benzene rings is 2. The molecule has 4 nitrogen and oxygen atoms in total. The highest BCUT2D eigenvalue weighted by Crippen LogP contribution is 2.36. The lowest BCUT2D eigenvalue weighted by molar-refractivity contribution is -0.122. The van der Waals surface area contributed by atoms with Crippen LogP contribution in [0.2, 0.25) is 0 Å². The van der Waals surface area contributed by atoms with Crippen LogP contribution in [0.25, 0.3) is 5.70 Å². The predicted octanol–water partition coefficient (Wildman–Crippen LogP) is 3.47. The molecule has 2 aromatic rings. The zero-order chi connectivity index (χ0) is 17.4. The van der Waals surface area contributed by atoms with Crippen LogP contribution in [0.5, 0.6) is 0 Å². The van der Waals surface area contributed by atoms with Crippen molar-refractivity contribution in [1.82, 2.24) is 10.2 Å². The van der Waals surface area contributed by atoms with Crippen LogP contribution in [-0.2, 0) is 4.79 Å². The summed E-state index contributed by atoms with van der Waals surface area (Å²) in [4.78, 5) is 27.8. The summed E-state index contributed by atoms with van der Waals surface area (Å²) < 4.78 is 0. The van der Waals surface area contributed by atoms with E-state index in [0.29, 0.717) is 11.3 Å². The Morgan fingerprint density at radius 1 is 1.16 bits per heavy atom. The minimum Gasteiger partial charge on any atom is -0.348 e. The van der Waals surface area contributed by atoms with Crippen LogP contribution >= 0.6 is 11.8 Å². The Hall–Kier alpha value is -2.53. The minimum atomic E-state index is -0.158. The molecule has 0 bridgehead atoms. The van der Waals surface area contributed by atoms with Crippen LogP contribution in [0.4, 0.5) is 0 Å². The SMILES string of the molecule is C=C1c2ccccc2C(=O)N1CC(=O)N[C@H]1CCSc2ccccc21. The van der Waals surface area contributed by atoms with Gasteiger partial charge in [0, 0.05) is 27.5 Å². The van der Waals surface area contributed by atoms with Gasteiger partial charge >= 0.3 is 0 Å². The second-order valence-electron chi connectivity index (χ2n) is 6.18. The predicted molar refractivity (Wildman–Crippen MR) is 99.2 cm³/mol. The molecule has 2 aromatic carbocycles. The van der Waals surface area contributed by atoms with Gasteiger partial charge in [-0.1, -0.05) is 43.0 Å². The lowest BCUT2D eigenvalue weighted by atomic mass is 10.0. The molecule has 126 valence electrons. The van der Waals surface area contributed by atoms with Gasteiger partial charge in [0.1, 0.15) is 6.54 Å². The van der Waals surface area contributed by atoms with Gasteiger partial charge in [0.2, 0.25) is 5.91 Å². The number of rotatable bonds is 3. The van der Waals surface area contributed by atoms with Crippen molar-refractivity contribution in [3.05, 3.63) is 71.8 Å². The van der Waals surface area contributed by atoms with E-state index < -0.39 is 0 Å². The number of fused-ring (bicyclic) bond motifs is 2. The molecule has 0 saturated carbocycles. The fourth-order valence-corrected chi connectivity index (χ4v) is 4.50. The van der Waals surface area contributed by atoms with Crippen LogP contribution in [-0.4, -0.2) is 29.0 Å². The quantitative estimate of drug-likeness (QED) is 0.922. The number of nitrogens with one attached hydrogen (secondary N) is 1. The van der Waals surface area contributed by atoms with E-state index in [9.17, 15) is 9.59 Å². The van der Waals surface area contributed by atoms with E-state index in [4.69, 9.17) is 0 Å². The summed E-state index contributed by atoms with van der Waals surface area (Å²) in [5, 5.41) is 3.08. The molecule has 0 aromatic heterocycles. The highest BCUT2D eigenvalue weighted by molar-refractivity contribution is 7.99. The first kappa shape index (κ1) is 16.0. The first-order chi connectivity index (χ1) is 12.1. The summed E-state index contributed by atoms with van der Waals surface area (Å²) in [5.41, 5.74) is 3.16. The van der Waals surface area contributed by atoms with Crippen molar-refractivity contribution in [3.8, 4) is 0 Å². The van der Waals surface area contributed by atoms with Gasteiger partial charge in [-0.2, -0.15) is 0 Å². The number of thioether (sulfide) groups is 1. The van der Waals surface area contributed by atoms with Crippen molar-refractivity contribution in [1.29, 1.82) is 0 Å². The molecule has 4 rings (SSSR count). The number of nitrogens with zero attached hydrogens (tertiary/aromatic N) is 1. The lowest BCUT2D eigenvalue weighted by Gasteiger charge is -2.27. The molecule has 0 radical (unpaired) electrons. The molecule has 2 aliphatic heterocycles. The monoisotopic (exact) mass is 350 g/mol. The normalized spacial score (nSPS) is 18.7. The number of amides is 2. The van der Waals surface area contributed by atoms with E-state index in [2.05, 4.69) is 24.0 Å². The van der Waals surface area contributed by atoms with Crippen LogP contribution in [0.1, 0.15) is 33.9 Å². The molecule has 0 spiro atoms. The molecule has 2 amide bonds. The standard InChI is InChI=1S/C20H18N2O2S/c1-13-14-6-2-3-7-15(14)20(24)22(13)12-19(23)21-17-10-11-25-18-9-5-4-8-16(17)18/h2-9,17H,1,10-12H2,(H,21,23)/t17-/m0/s1. The van der Waals surface area contributed by atoms with E-state index in [-0.39, 0.29) is 24.4 Å². The van der Waals surface area contributed by atoms with Crippen molar-refractivity contribution >= 4 is 29.3 Å². The Morgan fingerprint density at radius 2 is 1.88 bits per heavy atom. The van der Waals surface area contributed by atoms with Crippen molar-refractivity contribution in [2.75, 3.05) is 12.3 Å². The third-order valence-corrected chi connectivity index (χ3v) is 5.76. The van der Waals surface area contributed by atoms with E-state index in [1.165, 1.54) is 9.80 Å². The fourth-order valence-electron chi connectivity index (χ4n) is 3.38. The van der Waals surface area contributed by atoms with E-state index >= 15 is 0 Å². The molecule has 1 atom stereocenters. The smallest absolute Gasteiger partial charge is 0.259 e. The lowest BCUT2D eigenvalue weighted by Crippen LogP contribution is -2.39. The maximum atomic E-state index is 12.6. The van der Waals surface area contributed by atoms with Crippen LogP contribution in [0.3, 0.4) is 0 Å². The molecular formula is C20H18N2O2S. The highest BCUT2D eigenvalue weighted by atomic mass is 32.2. The Kier molecular flexibility index (Phi) is 4.09. The molecule has 5 heteroatoms. The number of carbonyl (C=O) groups is 2. The third kappa shape index (κ3) is 2.85. The van der Waals surface area contributed by atoms with Crippen LogP contribution < -0.4 is 5.32 Å². The largest absolute Gasteiger partial charge is 0.348 e. The van der Waals surface area contributed by atoms with Gasteiger partial charge in [-0.05, 0) is 24.1 Å². The van der Waals surface area contributed by atoms with Crippen molar-refractivity contribution in [3.63, 3.8) is 0 Å². The maximum Gasteiger partial charge on any atom is 0.259 e. The van der Waals surface area contributed by atoms with E-state index in [1.54, 1.807) is 6.07 Å². The first-order valence-corrected chi connectivity index (χ1v) is 9.25. The van der Waals surface area contributed by atoms with Crippen molar-refractivity contribution < 1.29 is 9.59 Å². The van der Waals surface area contributed by atoms with E-state index in [1.807, 2.05) is 42.1 Å².